The predicted molar refractivity (Wildman–Crippen MR) is 376 cm³/mol. The molecule has 10 rings (SSSR count). The van der Waals surface area contributed by atoms with Crippen molar-refractivity contribution in [3.8, 4) is 0 Å². The number of anilines is 2. The SMILES string of the molecule is CCO/N=C(\C(=O)NC1C(=O)N2C(C(=O)[O-])=C(C[n+]3cccc4c3ncn4CCC(O)CN)CSC12)c1nsc(N)n1.Cl.[B]P(C)OC(=O)C1=C(C[n+]2cccc3c2ncn3CCC(O)CNC(=O)OC(C)(C)C)CSC2C(NC(=O)/C(=N\OCC)c3nsc(NC(=O)OC(C)(C)C)n3)C(=O)N12.[I-]. The summed E-state index contributed by atoms with van der Waals surface area (Å²) in [5.74, 6) is -4.69. The summed E-state index contributed by atoms with van der Waals surface area (Å²) in [5.41, 5.74) is 12.7. The maximum absolute atomic E-state index is 13.8. The molecule has 44 heteroatoms. The van der Waals surface area contributed by atoms with Crippen molar-refractivity contribution in [1.29, 1.82) is 0 Å². The smallest absolute Gasteiger partial charge is 0.414 e. The number of carboxylic acid groups (broad SMARTS) is 1. The molecule has 6 amide bonds. The molecule has 554 valence electrons. The number of carbonyl (C=O) groups is 8. The van der Waals surface area contributed by atoms with Gasteiger partial charge in [0.25, 0.3) is 23.6 Å². The van der Waals surface area contributed by atoms with E-state index in [1.165, 1.54) is 28.4 Å². The standard InChI is InChI=1S/C35H46BN10O10PS2.C24H28N10O6S2.ClH.HI/c1-9-53-42-22(25-40-31(59-43-25)41-33(52)55-35(5,6)7)27(48)39-23-28(49)46-24(30(50)56-57(8)36)19(17-58-29(23)46)16-44-13-10-11-21-26(44)38-18-45(21)14-12-20(47)15-37-32(51)54-34(2,3)4;1-2-40-30-15(18-29-24(26)42-31-18)20(36)28-16-21(37)34-17(23(38)39)12(10-41-22(16)34)9-32-6-3-4-14-19(32)27-11-33(14)7-5-13(35)8-25;;/h10-11,13,18,20,23,29,47H,9,12,14-17H2,1-8H3,(H2-,37,39,40,41,43,48,51,52);3-4,6,11,13,16,22,35H,2,5,7-10,25H2,1H3,(H3-,26,28,29,31,36,38,39);2*1H/b42-22-;30-15-;;. The Morgan fingerprint density at radius 3 is 1.70 bits per heavy atom. The first-order valence-corrected chi connectivity index (χ1v) is 36.8. The van der Waals surface area contributed by atoms with E-state index in [0.717, 1.165) is 39.0 Å². The Morgan fingerprint density at radius 1 is 0.757 bits per heavy atom. The number of oxime groups is 2. The Labute approximate surface area is 631 Å². The summed E-state index contributed by atoms with van der Waals surface area (Å²) in [7, 11) is 4.26. The topological polar surface area (TPSA) is 473 Å². The molecule has 2 saturated heterocycles. The van der Waals surface area contributed by atoms with Crippen molar-refractivity contribution in [1.82, 2.24) is 63.6 Å². The minimum atomic E-state index is -1.64. The molecule has 0 saturated carbocycles. The first-order valence-electron chi connectivity index (χ1n) is 31.4. The Kier molecular flexibility index (Phi) is 28.9. The van der Waals surface area contributed by atoms with Crippen LogP contribution in [-0.4, -0.2) is 215 Å². The van der Waals surface area contributed by atoms with Crippen LogP contribution in [-0.2, 0) is 78.6 Å². The fourth-order valence-corrected chi connectivity index (χ4v) is 14.4. The van der Waals surface area contributed by atoms with Gasteiger partial charge >= 0.3 is 29.5 Å². The maximum atomic E-state index is 13.8. The van der Waals surface area contributed by atoms with Gasteiger partial charge in [-0.3, -0.25) is 34.3 Å². The minimum absolute atomic E-state index is 0. The lowest BCUT2D eigenvalue weighted by Crippen LogP contribution is -3.00. The van der Waals surface area contributed by atoms with E-state index >= 15 is 0 Å². The Balaban J connectivity index is 0.000000298. The van der Waals surface area contributed by atoms with Crippen LogP contribution in [0.15, 0.2) is 82.2 Å². The molecule has 2 radical (unpaired) electrons. The number of nitrogens with one attached hydrogen (secondary N) is 4. The number of imidazole rings is 2. The number of ether oxygens (including phenoxy) is 2. The van der Waals surface area contributed by atoms with Crippen LogP contribution in [0.1, 0.15) is 79.9 Å². The number of carboxylic acids is 1. The molecule has 0 aromatic carbocycles. The van der Waals surface area contributed by atoms with Gasteiger partial charge in [0.15, 0.2) is 12.7 Å². The van der Waals surface area contributed by atoms with Crippen LogP contribution >= 0.6 is 67.0 Å². The van der Waals surface area contributed by atoms with Gasteiger partial charge in [-0.05, 0) is 109 Å². The number of aliphatic carboxylic acids is 1. The second kappa shape index (κ2) is 36.2. The Morgan fingerprint density at radius 2 is 1.23 bits per heavy atom. The fourth-order valence-electron chi connectivity index (χ4n) is 10.4. The van der Waals surface area contributed by atoms with Gasteiger partial charge < -0.3 is 104 Å². The van der Waals surface area contributed by atoms with Gasteiger partial charge in [-0.15, -0.1) is 35.9 Å². The minimum Gasteiger partial charge on any atom is -1.00 e. The number of alkyl carbamates (subject to hydrolysis) is 1. The number of carbonyl (C=O) groups excluding carboxylic acids is 8. The normalized spacial score (nSPS) is 18.3. The number of amides is 6. The van der Waals surface area contributed by atoms with E-state index in [-0.39, 0.29) is 132 Å². The third-order valence-corrected chi connectivity index (χ3v) is 19.1. The summed E-state index contributed by atoms with van der Waals surface area (Å²) in [6.07, 6.45) is 4.76. The highest BCUT2D eigenvalue weighted by Gasteiger charge is 2.56. The highest BCUT2D eigenvalue weighted by molar-refractivity contribution is 8.00. The third kappa shape index (κ3) is 20.5. The second-order valence-corrected chi connectivity index (χ2v) is 29.6. The van der Waals surface area contributed by atoms with E-state index in [1.54, 1.807) is 91.7 Å². The van der Waals surface area contributed by atoms with E-state index in [1.807, 2.05) is 38.0 Å². The molecule has 0 bridgehead atoms. The summed E-state index contributed by atoms with van der Waals surface area (Å²) in [6.45, 7) is 16.9. The molecule has 4 aliphatic rings. The van der Waals surface area contributed by atoms with Crippen LogP contribution in [0.4, 0.5) is 19.9 Å². The number of rotatable bonds is 27. The molecule has 4 aliphatic heterocycles. The first-order chi connectivity index (χ1) is 48.0. The molecule has 103 heavy (non-hydrogen) atoms. The van der Waals surface area contributed by atoms with Crippen molar-refractivity contribution in [2.75, 3.05) is 55.5 Å². The second-order valence-electron chi connectivity index (χ2n) is 24.6. The predicted octanol–water partition coefficient (Wildman–Crippen LogP) is -2.72. The molecule has 10 N–H and O–H groups in total. The lowest BCUT2D eigenvalue weighted by molar-refractivity contribution is -0.665. The number of β-lactam (4-membered cyclic amide) rings is 2. The molecule has 7 unspecified atom stereocenters. The highest BCUT2D eigenvalue weighted by Crippen LogP contribution is 2.43. The number of hydrogen-bond donors (Lipinski definition) is 8. The van der Waals surface area contributed by atoms with E-state index in [0.29, 0.717) is 48.4 Å². The lowest BCUT2D eigenvalue weighted by atomic mass is 10.0. The number of aryl methyl sites for hydroxylation is 2. The van der Waals surface area contributed by atoms with Crippen LogP contribution in [0.5, 0.6) is 0 Å². The number of aliphatic hydroxyl groups is 2. The van der Waals surface area contributed by atoms with Crippen molar-refractivity contribution in [2.45, 2.75) is 141 Å². The van der Waals surface area contributed by atoms with Crippen molar-refractivity contribution in [3.63, 3.8) is 0 Å². The zero-order valence-corrected chi connectivity index (χ0v) is 64.2. The molecule has 2 fully saturated rings. The highest BCUT2D eigenvalue weighted by atomic mass is 127. The number of fused-ring (bicyclic) bond motifs is 4. The van der Waals surface area contributed by atoms with Gasteiger partial charge in [0.05, 0.1) is 36.3 Å². The summed E-state index contributed by atoms with van der Waals surface area (Å²) in [6, 6.07) is 5.29. The van der Waals surface area contributed by atoms with Crippen LogP contribution in [0.25, 0.3) is 22.3 Å². The number of nitrogens with zero attached hydrogens (tertiary/aromatic N) is 14. The summed E-state index contributed by atoms with van der Waals surface area (Å²) < 4.78 is 31.4. The molecule has 0 spiro atoms. The monoisotopic (exact) mass is 1650 g/mol. The Hall–Kier alpha value is -7.97. The van der Waals surface area contributed by atoms with Crippen LogP contribution in [0.3, 0.4) is 0 Å². The Bertz CT molecular complexity index is 4260. The zero-order valence-electron chi connectivity index (χ0n) is 57.0. The third-order valence-electron chi connectivity index (χ3n) is 14.8. The quantitative estimate of drug-likeness (QED) is 0.00494. The maximum Gasteiger partial charge on any atom is 0.414 e. The largest absolute Gasteiger partial charge is 1.00 e. The number of thioether (sulfide) groups is 2. The number of pyridine rings is 2. The number of hydrogen-bond acceptors (Lipinski definition) is 30. The molecule has 36 nitrogen and oxygen atoms in total. The number of nitrogens with two attached hydrogens (primary N) is 2. The average molecular weight is 1650 g/mol. The van der Waals surface area contributed by atoms with Crippen LogP contribution < -0.4 is 71.0 Å². The molecule has 6 aromatic rings. The van der Waals surface area contributed by atoms with Crippen molar-refractivity contribution in [2.24, 2.45) is 16.0 Å². The van der Waals surface area contributed by atoms with Gasteiger partial charge in [-0.1, -0.05) is 10.3 Å². The van der Waals surface area contributed by atoms with Gasteiger partial charge in [-0.25, -0.2) is 23.5 Å². The van der Waals surface area contributed by atoms with E-state index in [4.69, 9.17) is 42.7 Å². The summed E-state index contributed by atoms with van der Waals surface area (Å²) in [4.78, 5) is 134. The van der Waals surface area contributed by atoms with Gasteiger partial charge in [0, 0.05) is 79.9 Å². The summed E-state index contributed by atoms with van der Waals surface area (Å²) >= 11 is 4.31. The molecule has 7 atom stereocenters. The number of aliphatic hydroxyl groups excluding tert-OH is 2. The van der Waals surface area contributed by atoms with Crippen molar-refractivity contribution in [3.05, 3.63) is 83.5 Å². The molecule has 6 aromatic heterocycles. The molecule has 0 aliphatic carbocycles. The van der Waals surface area contributed by atoms with E-state index < -0.39 is 102 Å². The van der Waals surface area contributed by atoms with Crippen molar-refractivity contribution < 1.29 is 110 Å². The molecular formula is C59H76BClIN20O16PS4. The number of nitrogen functional groups attached to an aromatic ring is 1. The number of aromatic nitrogens is 10. The van der Waals surface area contributed by atoms with E-state index in [9.17, 15) is 53.7 Å². The lowest BCUT2D eigenvalue weighted by Gasteiger charge is -2.50. The zero-order chi connectivity index (χ0) is 73.2. The number of halogens is 2. The van der Waals surface area contributed by atoms with E-state index in [2.05, 4.69) is 60.3 Å². The molecular weight excluding hydrogens is 1580 g/mol. The van der Waals surface area contributed by atoms with Crippen LogP contribution in [0.2, 0.25) is 0 Å². The van der Waals surface area contributed by atoms with Crippen LogP contribution in [0, 0.1) is 0 Å². The fraction of sp³-hybridized carbons (Fsp3) is 0.492. The average Bonchev–Trinajstić information content (AvgIpc) is 1.18. The van der Waals surface area contributed by atoms with Gasteiger partial charge in [0.2, 0.25) is 40.9 Å². The first kappa shape index (κ1) is 82.3. The van der Waals surface area contributed by atoms with Gasteiger partial charge in [0.1, 0.15) is 77.1 Å². The molecule has 10 heterocycles. The summed E-state index contributed by atoms with van der Waals surface area (Å²) in [5, 5.41) is 49.4. The van der Waals surface area contributed by atoms with Gasteiger partial charge in [-0.2, -0.15) is 18.7 Å². The van der Waals surface area contributed by atoms with Crippen molar-refractivity contribution >= 4 is 166 Å².